The second-order valence-electron chi connectivity index (χ2n) is 10.8. The summed E-state index contributed by atoms with van der Waals surface area (Å²) in [4.78, 5) is 39.5. The van der Waals surface area contributed by atoms with E-state index in [0.29, 0.717) is 44.2 Å². The number of carbonyl (C=O) groups excluding carboxylic acids is 2. The minimum atomic E-state index is -1.41. The Bertz CT molecular complexity index is 1320. The summed E-state index contributed by atoms with van der Waals surface area (Å²) in [6.45, 7) is 6.32. The molecule has 3 aliphatic heterocycles. The van der Waals surface area contributed by atoms with Crippen LogP contribution in [0.4, 0.5) is 10.6 Å². The van der Waals surface area contributed by atoms with Crippen LogP contribution in [-0.4, -0.2) is 103 Å². The van der Waals surface area contributed by atoms with Gasteiger partial charge in [-0.2, -0.15) is 0 Å². The van der Waals surface area contributed by atoms with Crippen LogP contribution in [0, 0.1) is 17.8 Å². The van der Waals surface area contributed by atoms with Crippen LogP contribution in [0.15, 0.2) is 6.33 Å². The molecular formula is C28H39N7O7. The van der Waals surface area contributed by atoms with Crippen molar-refractivity contribution in [2.24, 2.45) is 5.92 Å². The van der Waals surface area contributed by atoms with Gasteiger partial charge in [0.05, 0.1) is 19.5 Å². The quantitative estimate of drug-likeness (QED) is 0.362. The van der Waals surface area contributed by atoms with Crippen molar-refractivity contribution in [2.45, 2.75) is 89.1 Å². The maximum Gasteiger partial charge on any atom is 0.410 e. The molecule has 0 bridgehead atoms. The summed E-state index contributed by atoms with van der Waals surface area (Å²) in [5.74, 6) is 6.24. The van der Waals surface area contributed by atoms with Gasteiger partial charge in [-0.1, -0.05) is 19.8 Å². The van der Waals surface area contributed by atoms with Gasteiger partial charge in [0.15, 0.2) is 23.8 Å². The molecule has 1 aliphatic carbocycles. The average Bonchev–Trinajstić information content (AvgIpc) is 3.34. The predicted octanol–water partition coefficient (Wildman–Crippen LogP) is 0.712. The van der Waals surface area contributed by atoms with E-state index in [1.165, 1.54) is 10.9 Å². The summed E-state index contributed by atoms with van der Waals surface area (Å²) in [7, 11) is 0. The summed E-state index contributed by atoms with van der Waals surface area (Å²) in [6.07, 6.45) is 0.581. The number of anilines is 1. The zero-order valence-corrected chi connectivity index (χ0v) is 23.9. The Morgan fingerprint density at radius 2 is 1.90 bits per heavy atom. The highest BCUT2D eigenvalue weighted by molar-refractivity contribution is 5.83. The number of nitrogens with two attached hydrogens (primary N) is 1. The molecule has 5 heterocycles. The van der Waals surface area contributed by atoms with E-state index in [-0.39, 0.29) is 35.5 Å². The zero-order valence-electron chi connectivity index (χ0n) is 23.9. The third-order valence-electron chi connectivity index (χ3n) is 7.76. The highest BCUT2D eigenvalue weighted by atomic mass is 16.6. The molecule has 14 heteroatoms. The number of aliphatic hydroxyl groups excluding tert-OH is 2. The molecule has 2 aromatic rings. The van der Waals surface area contributed by atoms with Crippen molar-refractivity contribution >= 4 is 29.0 Å². The maximum atomic E-state index is 12.5. The van der Waals surface area contributed by atoms with E-state index in [1.807, 2.05) is 13.8 Å². The van der Waals surface area contributed by atoms with Crippen molar-refractivity contribution in [3.63, 3.8) is 0 Å². The molecule has 14 nitrogen and oxygen atoms in total. The molecule has 4 fully saturated rings. The smallest absolute Gasteiger partial charge is 0.410 e. The predicted molar refractivity (Wildman–Crippen MR) is 150 cm³/mol. The molecule has 2 aromatic heterocycles. The van der Waals surface area contributed by atoms with E-state index in [4.69, 9.17) is 19.9 Å². The summed E-state index contributed by atoms with van der Waals surface area (Å²) in [5.41, 5.74) is 6.69. The minimum absolute atomic E-state index is 0.0865. The Morgan fingerprint density at radius 3 is 2.60 bits per heavy atom. The topological polar surface area (TPSA) is 187 Å². The number of aromatic nitrogens is 4. The van der Waals surface area contributed by atoms with Gasteiger partial charge < -0.3 is 40.4 Å². The number of nitrogens with one attached hydrogen (secondary N) is 1. The lowest BCUT2D eigenvalue weighted by atomic mass is 9.94. The molecule has 6 rings (SSSR count). The van der Waals surface area contributed by atoms with Crippen molar-refractivity contribution in [1.29, 1.82) is 0 Å². The number of piperidine rings is 1. The number of fused-ring (bicyclic) bond motifs is 1. The fourth-order valence-corrected chi connectivity index (χ4v) is 5.21. The third-order valence-corrected chi connectivity index (χ3v) is 7.76. The summed E-state index contributed by atoms with van der Waals surface area (Å²) < 4.78 is 18.0. The maximum absolute atomic E-state index is 12.5. The standard InChI is InChI=1S/C26H33N7O7.C2H6/c27-22-18-23(33(13-28-18)25-20(35)19(34)21(40-25)24(36)29-15-4-5-15)31-17(30-22)3-1-2-14-6-9-32(10-7-14)26(37)39-16-8-11-38-12-16;1-2/h13-16,19-21,25,34-35H,2,4-12H2,(H,29,36)(H2,27,30,31);1-2H3/t16?,19?,20-,21-,25+;/m0./s1. The number of amides is 2. The first-order chi connectivity index (χ1) is 20.4. The van der Waals surface area contributed by atoms with Crippen LogP contribution in [0.5, 0.6) is 0 Å². The molecule has 3 saturated heterocycles. The van der Waals surface area contributed by atoms with Gasteiger partial charge in [0, 0.05) is 32.0 Å². The summed E-state index contributed by atoms with van der Waals surface area (Å²) >= 11 is 0. The fraction of sp³-hybridized carbons (Fsp3) is 0.679. The van der Waals surface area contributed by atoms with Crippen molar-refractivity contribution < 1.29 is 34.0 Å². The highest BCUT2D eigenvalue weighted by Crippen LogP contribution is 2.33. The van der Waals surface area contributed by atoms with Gasteiger partial charge in [-0.3, -0.25) is 9.36 Å². The Morgan fingerprint density at radius 1 is 1.14 bits per heavy atom. The molecule has 0 aromatic carbocycles. The van der Waals surface area contributed by atoms with Crippen LogP contribution < -0.4 is 11.1 Å². The molecular weight excluding hydrogens is 546 g/mol. The number of carbonyl (C=O) groups is 2. The Hall–Kier alpha value is -3.51. The molecule has 0 spiro atoms. The molecule has 42 heavy (non-hydrogen) atoms. The number of rotatable bonds is 5. The summed E-state index contributed by atoms with van der Waals surface area (Å²) in [5, 5.41) is 23.9. The number of likely N-dealkylation sites (tertiary alicyclic amines) is 1. The number of hydrogen-bond donors (Lipinski definition) is 4. The highest BCUT2D eigenvalue weighted by Gasteiger charge is 2.48. The van der Waals surface area contributed by atoms with Crippen molar-refractivity contribution in [1.82, 2.24) is 29.7 Å². The van der Waals surface area contributed by atoms with Crippen LogP contribution in [0.2, 0.25) is 0 Å². The van der Waals surface area contributed by atoms with Gasteiger partial charge in [-0.15, -0.1) is 0 Å². The lowest BCUT2D eigenvalue weighted by Gasteiger charge is -2.31. The van der Waals surface area contributed by atoms with Gasteiger partial charge in [0.2, 0.25) is 5.82 Å². The second-order valence-corrected chi connectivity index (χ2v) is 10.8. The molecule has 0 radical (unpaired) electrons. The molecule has 2 unspecified atom stereocenters. The number of ether oxygens (including phenoxy) is 3. The van der Waals surface area contributed by atoms with Crippen LogP contribution in [0.3, 0.4) is 0 Å². The van der Waals surface area contributed by atoms with Crippen LogP contribution >= 0.6 is 0 Å². The molecule has 2 amide bonds. The SMILES string of the molecule is CC.Nc1nc(C#CCC2CCN(C(=O)OC3CCOC3)CC2)nc2c1ncn2[C@@H]1O[C@H](C(=O)NC2CC2)C(O)[C@@H]1O. The van der Waals surface area contributed by atoms with Crippen molar-refractivity contribution in [3.05, 3.63) is 12.2 Å². The Labute approximate surface area is 243 Å². The lowest BCUT2D eigenvalue weighted by molar-refractivity contribution is -0.137. The van der Waals surface area contributed by atoms with Crippen molar-refractivity contribution in [2.75, 3.05) is 32.0 Å². The molecule has 228 valence electrons. The minimum Gasteiger partial charge on any atom is -0.444 e. The normalized spacial score (nSPS) is 27.6. The average molecular weight is 586 g/mol. The first-order valence-electron chi connectivity index (χ1n) is 14.7. The van der Waals surface area contributed by atoms with E-state index in [1.54, 1.807) is 4.90 Å². The number of hydrogen-bond acceptors (Lipinski definition) is 11. The van der Waals surface area contributed by atoms with Gasteiger partial charge in [-0.25, -0.2) is 19.7 Å². The lowest BCUT2D eigenvalue weighted by Crippen LogP contribution is -2.43. The van der Waals surface area contributed by atoms with E-state index >= 15 is 0 Å². The number of nitrogen functional groups attached to an aromatic ring is 1. The summed E-state index contributed by atoms with van der Waals surface area (Å²) in [6, 6.07) is 0.0865. The number of imidazole rings is 1. The van der Waals surface area contributed by atoms with Gasteiger partial charge in [0.25, 0.3) is 5.91 Å². The van der Waals surface area contributed by atoms with Gasteiger partial charge in [0.1, 0.15) is 23.8 Å². The van der Waals surface area contributed by atoms with E-state index in [9.17, 15) is 19.8 Å². The van der Waals surface area contributed by atoms with E-state index < -0.39 is 30.4 Å². The Kier molecular flexibility index (Phi) is 9.42. The first kappa shape index (κ1) is 30.0. The first-order valence-corrected chi connectivity index (χ1v) is 14.7. The molecule has 4 aliphatic rings. The van der Waals surface area contributed by atoms with Crippen molar-refractivity contribution in [3.8, 4) is 11.8 Å². The van der Waals surface area contributed by atoms with Gasteiger partial charge in [-0.05, 0) is 37.5 Å². The zero-order chi connectivity index (χ0) is 29.8. The number of nitrogens with zero attached hydrogens (tertiary/aromatic N) is 5. The van der Waals surface area contributed by atoms with Crippen LogP contribution in [0.1, 0.15) is 64.4 Å². The van der Waals surface area contributed by atoms with E-state index in [2.05, 4.69) is 32.1 Å². The molecule has 1 saturated carbocycles. The van der Waals surface area contributed by atoms with Crippen LogP contribution in [-0.2, 0) is 19.0 Å². The Balaban J connectivity index is 0.00000173. The van der Waals surface area contributed by atoms with E-state index in [0.717, 1.165) is 32.1 Å². The molecule has 5 atom stereocenters. The largest absolute Gasteiger partial charge is 0.444 e. The van der Waals surface area contributed by atoms with Crippen LogP contribution in [0.25, 0.3) is 11.2 Å². The van der Waals surface area contributed by atoms with Gasteiger partial charge >= 0.3 is 6.09 Å². The molecule has 5 N–H and O–H groups in total. The fourth-order valence-electron chi connectivity index (χ4n) is 5.21. The third kappa shape index (κ3) is 6.59. The number of aliphatic hydroxyl groups is 2. The monoisotopic (exact) mass is 585 g/mol. The second kappa shape index (κ2) is 13.2.